The van der Waals surface area contributed by atoms with Gasteiger partial charge in [-0.15, -0.1) is 0 Å². The van der Waals surface area contributed by atoms with Gasteiger partial charge in [-0.3, -0.25) is 19.7 Å². The maximum atomic E-state index is 13.5. The van der Waals surface area contributed by atoms with E-state index >= 15 is 0 Å². The highest BCUT2D eigenvalue weighted by atomic mass is 35.5. The summed E-state index contributed by atoms with van der Waals surface area (Å²) < 4.78 is 0. The Labute approximate surface area is 216 Å². The van der Waals surface area contributed by atoms with E-state index in [1.54, 1.807) is 18.2 Å². The average molecular weight is 514 g/mol. The van der Waals surface area contributed by atoms with Gasteiger partial charge in [-0.05, 0) is 43.5 Å². The van der Waals surface area contributed by atoms with E-state index in [-0.39, 0.29) is 23.1 Å². The van der Waals surface area contributed by atoms with Crippen LogP contribution in [-0.4, -0.2) is 60.9 Å². The number of benzene rings is 2. The van der Waals surface area contributed by atoms with Crippen LogP contribution in [0.5, 0.6) is 0 Å². The van der Waals surface area contributed by atoms with Crippen LogP contribution in [0.2, 0.25) is 5.02 Å². The minimum atomic E-state index is -0.487. The monoisotopic (exact) mass is 513 g/mol. The number of piperidine rings is 1. The highest BCUT2D eigenvalue weighted by Gasteiger charge is 2.26. The van der Waals surface area contributed by atoms with Gasteiger partial charge in [0.05, 0.1) is 27.5 Å². The van der Waals surface area contributed by atoms with E-state index in [0.29, 0.717) is 42.6 Å². The normalized spacial score (nSPS) is 16.3. The van der Waals surface area contributed by atoms with Gasteiger partial charge < -0.3 is 20.0 Å². The molecule has 0 aliphatic carbocycles. The SMILES string of the molecule is CC(C)C(=O)N1CCN(c2ccc(Cl)cc2NC(=O)c2cc([N+](=O)[O-])ccc2N2CCCCC2)CC1. The molecule has 2 amide bonds. The number of non-ortho nitro benzene ring substituents is 1. The Morgan fingerprint density at radius 2 is 1.56 bits per heavy atom. The van der Waals surface area contributed by atoms with Crippen LogP contribution in [0.25, 0.3) is 0 Å². The molecular formula is C26H32ClN5O4. The summed E-state index contributed by atoms with van der Waals surface area (Å²) in [6.07, 6.45) is 3.16. The number of nitro groups is 1. The molecule has 0 unspecified atom stereocenters. The molecule has 0 bridgehead atoms. The average Bonchev–Trinajstić information content (AvgIpc) is 2.88. The Balaban J connectivity index is 1.59. The molecule has 2 aromatic rings. The van der Waals surface area contributed by atoms with E-state index in [4.69, 9.17) is 11.6 Å². The van der Waals surface area contributed by atoms with Crippen LogP contribution < -0.4 is 15.1 Å². The smallest absolute Gasteiger partial charge is 0.270 e. The molecule has 0 radical (unpaired) electrons. The molecule has 1 N–H and O–H groups in total. The van der Waals surface area contributed by atoms with Crippen molar-refractivity contribution < 1.29 is 14.5 Å². The quantitative estimate of drug-likeness (QED) is 0.440. The van der Waals surface area contributed by atoms with E-state index in [0.717, 1.165) is 38.0 Å². The van der Waals surface area contributed by atoms with Crippen molar-refractivity contribution in [2.24, 2.45) is 5.92 Å². The molecule has 2 saturated heterocycles. The van der Waals surface area contributed by atoms with Crippen LogP contribution >= 0.6 is 11.6 Å². The number of amides is 2. The molecule has 4 rings (SSSR count). The van der Waals surface area contributed by atoms with Crippen LogP contribution in [-0.2, 0) is 4.79 Å². The number of hydrogen-bond acceptors (Lipinski definition) is 6. The summed E-state index contributed by atoms with van der Waals surface area (Å²) in [6, 6.07) is 9.78. The summed E-state index contributed by atoms with van der Waals surface area (Å²) in [5.41, 5.74) is 2.17. The lowest BCUT2D eigenvalue weighted by Crippen LogP contribution is -2.50. The Morgan fingerprint density at radius 3 is 2.19 bits per heavy atom. The standard InChI is InChI=1S/C26H32ClN5O4/c1-18(2)26(34)31-14-12-30(13-15-31)24-8-6-19(27)16-22(24)28-25(33)21-17-20(32(35)36)7-9-23(21)29-10-4-3-5-11-29/h6-9,16-18H,3-5,10-15H2,1-2H3,(H,28,33). The predicted molar refractivity (Wildman–Crippen MR) is 142 cm³/mol. The van der Waals surface area contributed by atoms with Gasteiger partial charge in [0.1, 0.15) is 0 Å². The van der Waals surface area contributed by atoms with Crippen molar-refractivity contribution in [1.82, 2.24) is 4.90 Å². The molecule has 192 valence electrons. The van der Waals surface area contributed by atoms with Gasteiger partial charge in [0, 0.05) is 62.3 Å². The number of piperazine rings is 1. The van der Waals surface area contributed by atoms with Gasteiger partial charge in [0.15, 0.2) is 0 Å². The third-order valence-corrected chi connectivity index (χ3v) is 7.00. The van der Waals surface area contributed by atoms with Crippen molar-refractivity contribution in [2.45, 2.75) is 33.1 Å². The van der Waals surface area contributed by atoms with Crippen LogP contribution in [0.4, 0.5) is 22.7 Å². The fraction of sp³-hybridized carbons (Fsp3) is 0.462. The summed E-state index contributed by atoms with van der Waals surface area (Å²) in [5, 5.41) is 14.9. The molecule has 0 spiro atoms. The molecule has 0 saturated carbocycles. The molecule has 0 atom stereocenters. The topological polar surface area (TPSA) is 99.0 Å². The van der Waals surface area contributed by atoms with Crippen LogP contribution in [0.1, 0.15) is 43.5 Å². The molecule has 2 aliphatic rings. The summed E-state index contributed by atoms with van der Waals surface area (Å²) in [5.74, 6) is -0.336. The zero-order chi connectivity index (χ0) is 25.8. The number of anilines is 3. The molecule has 9 nitrogen and oxygen atoms in total. The predicted octanol–water partition coefficient (Wildman–Crippen LogP) is 4.80. The van der Waals surface area contributed by atoms with Crippen molar-refractivity contribution in [3.8, 4) is 0 Å². The van der Waals surface area contributed by atoms with Crippen molar-refractivity contribution in [1.29, 1.82) is 0 Å². The lowest BCUT2D eigenvalue weighted by Gasteiger charge is -2.37. The van der Waals surface area contributed by atoms with E-state index in [1.165, 1.54) is 12.1 Å². The number of nitrogens with zero attached hydrogens (tertiary/aromatic N) is 4. The summed E-state index contributed by atoms with van der Waals surface area (Å²) >= 11 is 6.28. The van der Waals surface area contributed by atoms with Crippen LogP contribution in [0, 0.1) is 16.0 Å². The van der Waals surface area contributed by atoms with Gasteiger partial charge in [-0.2, -0.15) is 0 Å². The van der Waals surface area contributed by atoms with Crippen LogP contribution in [0.3, 0.4) is 0 Å². The second kappa shape index (κ2) is 11.2. The summed E-state index contributed by atoms with van der Waals surface area (Å²) in [4.78, 5) is 43.0. The lowest BCUT2D eigenvalue weighted by atomic mass is 10.1. The second-order valence-electron chi connectivity index (χ2n) is 9.59. The minimum absolute atomic E-state index is 0.0500. The summed E-state index contributed by atoms with van der Waals surface area (Å²) in [7, 11) is 0. The Morgan fingerprint density at radius 1 is 0.917 bits per heavy atom. The van der Waals surface area contributed by atoms with Crippen molar-refractivity contribution in [2.75, 3.05) is 54.4 Å². The first-order valence-electron chi connectivity index (χ1n) is 12.4. The number of hydrogen-bond donors (Lipinski definition) is 1. The molecule has 2 fully saturated rings. The second-order valence-corrected chi connectivity index (χ2v) is 10.0. The fourth-order valence-electron chi connectivity index (χ4n) is 4.84. The van der Waals surface area contributed by atoms with Gasteiger partial charge >= 0.3 is 0 Å². The highest BCUT2D eigenvalue weighted by molar-refractivity contribution is 6.31. The molecule has 36 heavy (non-hydrogen) atoms. The molecule has 0 aromatic heterocycles. The third-order valence-electron chi connectivity index (χ3n) is 6.77. The van der Waals surface area contributed by atoms with Crippen molar-refractivity contribution in [3.63, 3.8) is 0 Å². The van der Waals surface area contributed by atoms with Gasteiger partial charge in [-0.1, -0.05) is 25.4 Å². The highest BCUT2D eigenvalue weighted by Crippen LogP contribution is 2.33. The first-order chi connectivity index (χ1) is 17.2. The molecule has 2 heterocycles. The fourth-order valence-corrected chi connectivity index (χ4v) is 5.01. The molecular weight excluding hydrogens is 482 g/mol. The zero-order valence-electron chi connectivity index (χ0n) is 20.7. The minimum Gasteiger partial charge on any atom is -0.371 e. The van der Waals surface area contributed by atoms with E-state index in [9.17, 15) is 19.7 Å². The van der Waals surface area contributed by atoms with Gasteiger partial charge in [0.2, 0.25) is 5.91 Å². The molecule has 10 heteroatoms. The Hall–Kier alpha value is -3.33. The van der Waals surface area contributed by atoms with E-state index in [1.807, 2.05) is 24.8 Å². The van der Waals surface area contributed by atoms with E-state index < -0.39 is 10.8 Å². The number of nitro benzene ring substituents is 1. The number of rotatable bonds is 6. The zero-order valence-corrected chi connectivity index (χ0v) is 21.5. The van der Waals surface area contributed by atoms with Gasteiger partial charge in [-0.25, -0.2) is 0 Å². The summed E-state index contributed by atoms with van der Waals surface area (Å²) in [6.45, 7) is 7.84. The third kappa shape index (κ3) is 5.73. The maximum absolute atomic E-state index is 13.5. The number of carbonyl (C=O) groups excluding carboxylic acids is 2. The lowest BCUT2D eigenvalue weighted by molar-refractivity contribution is -0.384. The maximum Gasteiger partial charge on any atom is 0.270 e. The van der Waals surface area contributed by atoms with E-state index in [2.05, 4.69) is 15.1 Å². The number of halogens is 1. The van der Waals surface area contributed by atoms with Crippen molar-refractivity contribution >= 4 is 46.2 Å². The molecule has 2 aliphatic heterocycles. The van der Waals surface area contributed by atoms with Gasteiger partial charge in [0.25, 0.3) is 11.6 Å². The van der Waals surface area contributed by atoms with Crippen LogP contribution in [0.15, 0.2) is 36.4 Å². The first kappa shape index (κ1) is 25.8. The first-order valence-corrected chi connectivity index (χ1v) is 12.8. The largest absolute Gasteiger partial charge is 0.371 e. The Bertz CT molecular complexity index is 1140. The molecule has 2 aromatic carbocycles. The number of nitrogens with one attached hydrogen (secondary N) is 1. The Kier molecular flexibility index (Phi) is 7.98. The van der Waals surface area contributed by atoms with Crippen molar-refractivity contribution in [3.05, 3.63) is 57.1 Å². The number of carbonyl (C=O) groups is 2.